The van der Waals surface area contributed by atoms with Gasteiger partial charge in [-0.15, -0.1) is 0 Å². The van der Waals surface area contributed by atoms with Crippen LogP contribution >= 0.6 is 0 Å². The highest BCUT2D eigenvalue weighted by Crippen LogP contribution is 2.15. The zero-order chi connectivity index (χ0) is 14.8. The van der Waals surface area contributed by atoms with Crippen LogP contribution in [0.5, 0.6) is 0 Å². The Kier molecular flexibility index (Phi) is 7.58. The number of carboxylic acids is 1. The number of carboxylic acid groups (broad SMARTS) is 1. The molecule has 0 amide bonds. The quantitative estimate of drug-likeness (QED) is 0.549. The van der Waals surface area contributed by atoms with Crippen LogP contribution in [0.25, 0.3) is 6.08 Å². The molecule has 0 saturated heterocycles. The number of carbonyl (C=O) groups is 1. The lowest BCUT2D eigenvalue weighted by Gasteiger charge is -2.08. The Morgan fingerprint density at radius 1 is 1.35 bits per heavy atom. The summed E-state index contributed by atoms with van der Waals surface area (Å²) in [6.45, 7) is 3.19. The SMILES string of the molecule is CCCCCCOCc1ccc(F)cc1C=CC(=O)O. The molecule has 3 nitrogen and oxygen atoms in total. The summed E-state index contributed by atoms with van der Waals surface area (Å²) in [6.07, 6.45) is 6.93. The van der Waals surface area contributed by atoms with Gasteiger partial charge in [0.25, 0.3) is 0 Å². The summed E-state index contributed by atoms with van der Waals surface area (Å²) in [5.74, 6) is -1.44. The van der Waals surface area contributed by atoms with E-state index in [1.54, 1.807) is 6.07 Å². The summed E-state index contributed by atoms with van der Waals surface area (Å²) < 4.78 is 18.7. The molecule has 0 atom stereocenters. The van der Waals surface area contributed by atoms with Crippen molar-refractivity contribution < 1.29 is 19.0 Å². The van der Waals surface area contributed by atoms with E-state index in [0.29, 0.717) is 18.8 Å². The molecule has 1 N–H and O–H groups in total. The number of hydrogen-bond donors (Lipinski definition) is 1. The van der Waals surface area contributed by atoms with Gasteiger partial charge in [0.2, 0.25) is 0 Å². The van der Waals surface area contributed by atoms with Crippen LogP contribution in [0, 0.1) is 5.82 Å². The van der Waals surface area contributed by atoms with Crippen LogP contribution in [-0.2, 0) is 16.1 Å². The zero-order valence-electron chi connectivity index (χ0n) is 11.8. The maximum Gasteiger partial charge on any atom is 0.328 e. The number of ether oxygens (including phenoxy) is 1. The van der Waals surface area contributed by atoms with Gasteiger partial charge in [-0.1, -0.05) is 32.3 Å². The zero-order valence-corrected chi connectivity index (χ0v) is 11.8. The first-order chi connectivity index (χ1) is 9.63. The van der Waals surface area contributed by atoms with Gasteiger partial charge >= 0.3 is 5.97 Å². The molecule has 1 aromatic rings. The molecule has 20 heavy (non-hydrogen) atoms. The number of benzene rings is 1. The molecule has 0 radical (unpaired) electrons. The second kappa shape index (κ2) is 9.26. The van der Waals surface area contributed by atoms with E-state index in [2.05, 4.69) is 6.92 Å². The first-order valence-corrected chi connectivity index (χ1v) is 6.90. The Morgan fingerprint density at radius 2 is 2.15 bits per heavy atom. The standard InChI is InChI=1S/C16H21FO3/c1-2-3-4-5-10-20-12-14-6-8-15(17)11-13(14)7-9-16(18)19/h6-9,11H,2-5,10,12H2,1H3,(H,18,19). The third-order valence-electron chi connectivity index (χ3n) is 2.91. The van der Waals surface area contributed by atoms with Crippen molar-refractivity contribution in [3.05, 3.63) is 41.2 Å². The maximum atomic E-state index is 13.2. The smallest absolute Gasteiger partial charge is 0.328 e. The molecule has 0 fully saturated rings. The van der Waals surface area contributed by atoms with Gasteiger partial charge in [-0.25, -0.2) is 9.18 Å². The molecule has 4 heteroatoms. The summed E-state index contributed by atoms with van der Waals surface area (Å²) >= 11 is 0. The van der Waals surface area contributed by atoms with Crippen LogP contribution in [0.1, 0.15) is 43.7 Å². The summed E-state index contributed by atoms with van der Waals surface area (Å²) in [6, 6.07) is 4.30. The lowest BCUT2D eigenvalue weighted by atomic mass is 10.1. The van der Waals surface area contributed by atoms with Gasteiger partial charge in [-0.2, -0.15) is 0 Å². The van der Waals surface area contributed by atoms with Gasteiger partial charge in [0.15, 0.2) is 0 Å². The molecule has 0 spiro atoms. The minimum atomic E-state index is -1.05. The fraction of sp³-hybridized carbons (Fsp3) is 0.438. The topological polar surface area (TPSA) is 46.5 Å². The van der Waals surface area contributed by atoms with E-state index < -0.39 is 5.97 Å². The van der Waals surface area contributed by atoms with Gasteiger partial charge in [0, 0.05) is 12.7 Å². The van der Waals surface area contributed by atoms with Crippen LogP contribution in [0.2, 0.25) is 0 Å². The minimum absolute atomic E-state index is 0.367. The van der Waals surface area contributed by atoms with E-state index in [1.807, 2.05) is 0 Å². The molecule has 0 aliphatic rings. The Balaban J connectivity index is 2.53. The van der Waals surface area contributed by atoms with Gasteiger partial charge in [-0.3, -0.25) is 0 Å². The highest BCUT2D eigenvalue weighted by molar-refractivity contribution is 5.85. The lowest BCUT2D eigenvalue weighted by Crippen LogP contribution is -1.98. The van der Waals surface area contributed by atoms with Crippen molar-refractivity contribution in [3.8, 4) is 0 Å². The molecule has 0 saturated carbocycles. The van der Waals surface area contributed by atoms with Crippen molar-refractivity contribution in [2.75, 3.05) is 6.61 Å². The number of halogens is 1. The van der Waals surface area contributed by atoms with E-state index >= 15 is 0 Å². The summed E-state index contributed by atoms with van der Waals surface area (Å²) in [5, 5.41) is 8.62. The molecule has 0 bridgehead atoms. The molecule has 1 rings (SSSR count). The largest absolute Gasteiger partial charge is 0.478 e. The first-order valence-electron chi connectivity index (χ1n) is 6.90. The van der Waals surface area contributed by atoms with Crippen LogP contribution < -0.4 is 0 Å². The van der Waals surface area contributed by atoms with Crippen LogP contribution in [0.3, 0.4) is 0 Å². The summed E-state index contributed by atoms with van der Waals surface area (Å²) in [4.78, 5) is 10.5. The monoisotopic (exact) mass is 280 g/mol. The molecule has 0 aliphatic carbocycles. The molecule has 0 unspecified atom stereocenters. The van der Waals surface area contributed by atoms with Crippen molar-refractivity contribution in [3.63, 3.8) is 0 Å². The highest BCUT2D eigenvalue weighted by atomic mass is 19.1. The number of aliphatic carboxylic acids is 1. The van der Waals surface area contributed by atoms with Gasteiger partial charge in [-0.05, 0) is 35.8 Å². The van der Waals surface area contributed by atoms with Crippen LogP contribution in [0.4, 0.5) is 4.39 Å². The molecule has 0 aliphatic heterocycles. The number of rotatable bonds is 9. The Bertz CT molecular complexity index is 455. The summed E-state index contributed by atoms with van der Waals surface area (Å²) in [5.41, 5.74) is 1.33. The normalized spacial score (nSPS) is 11.1. The molecular weight excluding hydrogens is 259 g/mol. The highest BCUT2D eigenvalue weighted by Gasteiger charge is 2.03. The first kappa shape index (κ1) is 16.4. The predicted molar refractivity (Wildman–Crippen MR) is 76.9 cm³/mol. The van der Waals surface area contributed by atoms with E-state index in [-0.39, 0.29) is 5.82 Å². The Labute approximate surface area is 119 Å². The van der Waals surface area contributed by atoms with Crippen LogP contribution in [-0.4, -0.2) is 17.7 Å². The van der Waals surface area contributed by atoms with E-state index in [9.17, 15) is 9.18 Å². The number of unbranched alkanes of at least 4 members (excludes halogenated alkanes) is 3. The fourth-order valence-corrected chi connectivity index (χ4v) is 1.83. The lowest BCUT2D eigenvalue weighted by molar-refractivity contribution is -0.131. The van der Waals surface area contributed by atoms with E-state index in [1.165, 1.54) is 31.1 Å². The Morgan fingerprint density at radius 3 is 2.85 bits per heavy atom. The summed E-state index contributed by atoms with van der Waals surface area (Å²) in [7, 11) is 0. The maximum absolute atomic E-state index is 13.2. The molecular formula is C16H21FO3. The Hall–Kier alpha value is -1.68. The molecule has 0 heterocycles. The molecule has 0 aromatic heterocycles. The van der Waals surface area contributed by atoms with E-state index in [4.69, 9.17) is 9.84 Å². The average molecular weight is 280 g/mol. The fourth-order valence-electron chi connectivity index (χ4n) is 1.83. The second-order valence-corrected chi connectivity index (χ2v) is 4.63. The second-order valence-electron chi connectivity index (χ2n) is 4.63. The van der Waals surface area contributed by atoms with Gasteiger partial charge in [0.1, 0.15) is 5.82 Å². The third kappa shape index (κ3) is 6.48. The van der Waals surface area contributed by atoms with Crippen molar-refractivity contribution >= 4 is 12.0 Å². The third-order valence-corrected chi connectivity index (χ3v) is 2.91. The number of hydrogen-bond acceptors (Lipinski definition) is 2. The van der Waals surface area contributed by atoms with Crippen molar-refractivity contribution in [1.29, 1.82) is 0 Å². The minimum Gasteiger partial charge on any atom is -0.478 e. The van der Waals surface area contributed by atoms with Crippen molar-refractivity contribution in [2.45, 2.75) is 39.2 Å². The van der Waals surface area contributed by atoms with E-state index in [0.717, 1.165) is 24.5 Å². The van der Waals surface area contributed by atoms with Gasteiger partial charge in [0.05, 0.1) is 6.61 Å². The van der Waals surface area contributed by atoms with Crippen LogP contribution in [0.15, 0.2) is 24.3 Å². The van der Waals surface area contributed by atoms with Gasteiger partial charge < -0.3 is 9.84 Å². The molecule has 1 aromatic carbocycles. The van der Waals surface area contributed by atoms with Crippen molar-refractivity contribution in [1.82, 2.24) is 0 Å². The van der Waals surface area contributed by atoms with Crippen molar-refractivity contribution in [2.24, 2.45) is 0 Å². The predicted octanol–water partition coefficient (Wildman–Crippen LogP) is 4.02. The average Bonchev–Trinajstić information content (AvgIpc) is 2.42. The molecule has 110 valence electrons.